The Kier molecular flexibility index (Phi) is 3.79. The topological polar surface area (TPSA) is 55.6 Å². The molecule has 0 spiro atoms. The van der Waals surface area contributed by atoms with Crippen LogP contribution >= 0.6 is 0 Å². The molecular formula is C18H26N2O2. The van der Waals surface area contributed by atoms with Gasteiger partial charge in [-0.1, -0.05) is 12.1 Å². The van der Waals surface area contributed by atoms with Gasteiger partial charge in [0.05, 0.1) is 0 Å². The molecule has 1 amide bonds. The Labute approximate surface area is 132 Å². The lowest BCUT2D eigenvalue weighted by Gasteiger charge is -2.39. The van der Waals surface area contributed by atoms with Crippen molar-refractivity contribution >= 4 is 11.8 Å². The highest BCUT2D eigenvalue weighted by Gasteiger charge is 2.45. The van der Waals surface area contributed by atoms with Crippen molar-refractivity contribution in [3.63, 3.8) is 0 Å². The highest BCUT2D eigenvalue weighted by molar-refractivity contribution is 5.69. The van der Waals surface area contributed by atoms with E-state index in [2.05, 4.69) is 12.1 Å². The first-order valence-corrected chi connectivity index (χ1v) is 8.20. The molecule has 120 valence electrons. The minimum absolute atomic E-state index is 0.147. The van der Waals surface area contributed by atoms with E-state index in [0.29, 0.717) is 18.0 Å². The van der Waals surface area contributed by atoms with Gasteiger partial charge in [0.25, 0.3) is 0 Å². The summed E-state index contributed by atoms with van der Waals surface area (Å²) in [5.41, 5.74) is 7.61. The predicted octanol–water partition coefficient (Wildman–Crippen LogP) is 3.91. The molecule has 2 N–H and O–H groups in total. The number of anilines is 1. The molecule has 2 fully saturated rings. The summed E-state index contributed by atoms with van der Waals surface area (Å²) in [5, 5.41) is 0. The Bertz CT molecular complexity index is 550. The molecule has 2 aliphatic heterocycles. The van der Waals surface area contributed by atoms with Crippen LogP contribution in [0.25, 0.3) is 0 Å². The van der Waals surface area contributed by atoms with Gasteiger partial charge in [-0.3, -0.25) is 0 Å². The van der Waals surface area contributed by atoms with E-state index < -0.39 is 5.60 Å². The molecule has 3 rings (SSSR count). The summed E-state index contributed by atoms with van der Waals surface area (Å²) >= 11 is 0. The van der Waals surface area contributed by atoms with E-state index in [0.717, 1.165) is 31.4 Å². The van der Waals surface area contributed by atoms with Gasteiger partial charge in [-0.05, 0) is 70.1 Å². The zero-order valence-electron chi connectivity index (χ0n) is 13.7. The number of ether oxygens (including phenoxy) is 1. The summed E-state index contributed by atoms with van der Waals surface area (Å²) in [4.78, 5) is 14.4. The summed E-state index contributed by atoms with van der Waals surface area (Å²) in [7, 11) is 0. The van der Waals surface area contributed by atoms with Crippen molar-refractivity contribution in [3.8, 4) is 0 Å². The number of amides is 1. The molecule has 2 bridgehead atoms. The van der Waals surface area contributed by atoms with Crippen molar-refractivity contribution < 1.29 is 9.53 Å². The minimum atomic E-state index is -0.429. The maximum absolute atomic E-state index is 12.5. The van der Waals surface area contributed by atoms with Crippen LogP contribution in [-0.2, 0) is 4.74 Å². The number of nitrogens with zero attached hydrogens (tertiary/aromatic N) is 1. The number of carbonyl (C=O) groups is 1. The van der Waals surface area contributed by atoms with Crippen molar-refractivity contribution in [2.24, 2.45) is 0 Å². The number of fused-ring (bicyclic) bond motifs is 2. The van der Waals surface area contributed by atoms with Gasteiger partial charge in [0.15, 0.2) is 0 Å². The van der Waals surface area contributed by atoms with Gasteiger partial charge in [0.1, 0.15) is 5.60 Å². The SMILES string of the molecule is CC(C)(C)OC(=O)N1[C@@H]2CC[C@H]1C[C@@H](c1cccc(N)c1)C2. The van der Waals surface area contributed by atoms with E-state index >= 15 is 0 Å². The fourth-order valence-electron chi connectivity index (χ4n) is 3.87. The van der Waals surface area contributed by atoms with Gasteiger partial charge < -0.3 is 15.4 Å². The molecule has 0 aliphatic carbocycles. The summed E-state index contributed by atoms with van der Waals surface area (Å²) in [6.07, 6.45) is 4.05. The normalized spacial score (nSPS) is 27.8. The molecule has 4 nitrogen and oxygen atoms in total. The Morgan fingerprint density at radius 2 is 1.86 bits per heavy atom. The van der Waals surface area contributed by atoms with Gasteiger partial charge in [0.2, 0.25) is 0 Å². The molecule has 2 aliphatic rings. The lowest BCUT2D eigenvalue weighted by atomic mass is 9.85. The molecule has 2 saturated heterocycles. The van der Waals surface area contributed by atoms with E-state index in [1.165, 1.54) is 5.56 Å². The highest BCUT2D eigenvalue weighted by Crippen LogP contribution is 2.43. The summed E-state index contributed by atoms with van der Waals surface area (Å²) in [5.74, 6) is 0.500. The van der Waals surface area contributed by atoms with Gasteiger partial charge in [0, 0.05) is 17.8 Å². The highest BCUT2D eigenvalue weighted by atomic mass is 16.6. The zero-order valence-corrected chi connectivity index (χ0v) is 13.7. The maximum atomic E-state index is 12.5. The Hall–Kier alpha value is -1.71. The number of piperidine rings is 1. The van der Waals surface area contributed by atoms with Crippen LogP contribution in [0.2, 0.25) is 0 Å². The third-order valence-electron chi connectivity index (χ3n) is 4.72. The summed E-state index contributed by atoms with van der Waals surface area (Å²) in [6, 6.07) is 8.79. The van der Waals surface area contributed by atoms with Crippen molar-refractivity contribution in [2.45, 2.75) is 70.1 Å². The number of hydrogen-bond donors (Lipinski definition) is 1. The number of rotatable bonds is 1. The van der Waals surface area contributed by atoms with E-state index in [1.807, 2.05) is 37.8 Å². The van der Waals surface area contributed by atoms with Gasteiger partial charge in [-0.2, -0.15) is 0 Å². The molecule has 0 radical (unpaired) electrons. The van der Waals surface area contributed by atoms with Crippen LogP contribution in [0, 0.1) is 0 Å². The van der Waals surface area contributed by atoms with E-state index in [-0.39, 0.29) is 6.09 Å². The molecule has 0 saturated carbocycles. The second-order valence-electron chi connectivity index (χ2n) is 7.61. The number of carbonyl (C=O) groups excluding carboxylic acids is 1. The second kappa shape index (κ2) is 5.49. The first-order chi connectivity index (χ1) is 10.3. The third-order valence-corrected chi connectivity index (χ3v) is 4.72. The molecule has 1 aromatic carbocycles. The van der Waals surface area contributed by atoms with Crippen LogP contribution in [0.5, 0.6) is 0 Å². The second-order valence-corrected chi connectivity index (χ2v) is 7.61. The van der Waals surface area contributed by atoms with Gasteiger partial charge >= 0.3 is 6.09 Å². The number of benzene rings is 1. The van der Waals surface area contributed by atoms with Crippen LogP contribution in [0.4, 0.5) is 10.5 Å². The van der Waals surface area contributed by atoms with Gasteiger partial charge in [-0.25, -0.2) is 4.79 Å². The summed E-state index contributed by atoms with van der Waals surface area (Å²) in [6.45, 7) is 5.77. The average molecular weight is 302 g/mol. The fraction of sp³-hybridized carbons (Fsp3) is 0.611. The molecule has 0 unspecified atom stereocenters. The number of nitrogen functional groups attached to an aromatic ring is 1. The van der Waals surface area contributed by atoms with Crippen LogP contribution in [0.15, 0.2) is 24.3 Å². The van der Waals surface area contributed by atoms with Crippen LogP contribution in [-0.4, -0.2) is 28.7 Å². The van der Waals surface area contributed by atoms with E-state index in [9.17, 15) is 4.79 Å². The Morgan fingerprint density at radius 1 is 1.23 bits per heavy atom. The van der Waals surface area contributed by atoms with E-state index in [1.54, 1.807) is 0 Å². The monoisotopic (exact) mass is 302 g/mol. The predicted molar refractivity (Wildman–Crippen MR) is 87.7 cm³/mol. The molecule has 2 heterocycles. The van der Waals surface area contributed by atoms with Crippen molar-refractivity contribution in [1.82, 2.24) is 4.90 Å². The number of nitrogens with two attached hydrogens (primary N) is 1. The van der Waals surface area contributed by atoms with Gasteiger partial charge in [-0.15, -0.1) is 0 Å². The standard InChI is InChI=1S/C18H26N2O2/c1-18(2,3)22-17(21)20-15-7-8-16(20)11-13(10-15)12-5-4-6-14(19)9-12/h4-6,9,13,15-16H,7-8,10-11,19H2,1-3H3/t13-,15+,16-. The molecule has 4 heteroatoms. The average Bonchev–Trinajstić information content (AvgIpc) is 2.68. The van der Waals surface area contributed by atoms with Crippen molar-refractivity contribution in [1.29, 1.82) is 0 Å². The fourth-order valence-corrected chi connectivity index (χ4v) is 3.87. The first kappa shape index (κ1) is 15.2. The third kappa shape index (κ3) is 3.06. The van der Waals surface area contributed by atoms with Crippen molar-refractivity contribution in [2.75, 3.05) is 5.73 Å². The quantitative estimate of drug-likeness (QED) is 0.800. The van der Waals surface area contributed by atoms with Crippen LogP contribution < -0.4 is 5.73 Å². The maximum Gasteiger partial charge on any atom is 0.410 e. The van der Waals surface area contributed by atoms with Crippen LogP contribution in [0.3, 0.4) is 0 Å². The Morgan fingerprint density at radius 3 is 2.41 bits per heavy atom. The first-order valence-electron chi connectivity index (χ1n) is 8.20. The van der Waals surface area contributed by atoms with Crippen molar-refractivity contribution in [3.05, 3.63) is 29.8 Å². The largest absolute Gasteiger partial charge is 0.444 e. The molecule has 3 atom stereocenters. The lowest BCUT2D eigenvalue weighted by Crippen LogP contribution is -2.48. The molecular weight excluding hydrogens is 276 g/mol. The smallest absolute Gasteiger partial charge is 0.410 e. The lowest BCUT2D eigenvalue weighted by molar-refractivity contribution is 0.00584. The summed E-state index contributed by atoms with van der Waals surface area (Å²) < 4.78 is 5.59. The molecule has 1 aromatic rings. The zero-order chi connectivity index (χ0) is 15.9. The minimum Gasteiger partial charge on any atom is -0.444 e. The Balaban J connectivity index is 1.73. The van der Waals surface area contributed by atoms with E-state index in [4.69, 9.17) is 10.5 Å². The molecule has 22 heavy (non-hydrogen) atoms. The molecule has 0 aromatic heterocycles. The number of hydrogen-bond acceptors (Lipinski definition) is 3. The van der Waals surface area contributed by atoms with Crippen LogP contribution in [0.1, 0.15) is 57.9 Å².